The van der Waals surface area contributed by atoms with Crippen molar-refractivity contribution in [1.82, 2.24) is 4.90 Å². The van der Waals surface area contributed by atoms with Crippen LogP contribution in [0.15, 0.2) is 12.3 Å². The van der Waals surface area contributed by atoms with E-state index in [-0.39, 0.29) is 30.4 Å². The fourth-order valence-electron chi connectivity index (χ4n) is 2.34. The molecule has 0 aromatic carbocycles. The van der Waals surface area contributed by atoms with Crippen LogP contribution >= 0.6 is 0 Å². The molecular formula is C12H17NO3. The number of ether oxygens (including phenoxy) is 1. The van der Waals surface area contributed by atoms with E-state index < -0.39 is 0 Å². The lowest BCUT2D eigenvalue weighted by molar-refractivity contribution is -0.143. The molecule has 2 rings (SSSR count). The van der Waals surface area contributed by atoms with Gasteiger partial charge in [-0.05, 0) is 24.8 Å². The van der Waals surface area contributed by atoms with Crippen molar-refractivity contribution in [2.24, 2.45) is 5.92 Å². The monoisotopic (exact) mass is 223 g/mol. The van der Waals surface area contributed by atoms with Gasteiger partial charge < -0.3 is 4.74 Å². The molecule has 4 nitrogen and oxygen atoms in total. The van der Waals surface area contributed by atoms with E-state index in [9.17, 15) is 9.59 Å². The molecule has 0 N–H and O–H groups in total. The van der Waals surface area contributed by atoms with Crippen molar-refractivity contribution >= 4 is 11.7 Å². The molecule has 2 aliphatic rings. The zero-order chi connectivity index (χ0) is 11.7. The Morgan fingerprint density at radius 1 is 1.50 bits per heavy atom. The van der Waals surface area contributed by atoms with Crippen molar-refractivity contribution in [3.05, 3.63) is 12.3 Å². The number of rotatable bonds is 2. The van der Waals surface area contributed by atoms with Crippen LogP contribution in [0.1, 0.15) is 33.1 Å². The van der Waals surface area contributed by atoms with Gasteiger partial charge in [0.25, 0.3) is 0 Å². The lowest BCUT2D eigenvalue weighted by Gasteiger charge is -2.27. The minimum absolute atomic E-state index is 0.0263. The van der Waals surface area contributed by atoms with Gasteiger partial charge in [0.2, 0.25) is 5.91 Å². The van der Waals surface area contributed by atoms with E-state index in [1.807, 2.05) is 0 Å². The first-order valence-corrected chi connectivity index (χ1v) is 5.79. The van der Waals surface area contributed by atoms with E-state index in [0.717, 1.165) is 12.8 Å². The number of carbonyl (C=O) groups is 2. The lowest BCUT2D eigenvalue weighted by atomic mass is 10.0. The largest absolute Gasteiger partial charge is 0.354 e. The standard InChI is InChI=1S/C12H17NO3/c1-3-10-8(2)6-12(16-10)13-5-4-9(14)7-11(13)15/h4-5,8,10,12H,3,6-7H2,1-2H3/t8-,10+,12+/m0/s1. The molecule has 3 atom stereocenters. The summed E-state index contributed by atoms with van der Waals surface area (Å²) in [7, 11) is 0. The summed E-state index contributed by atoms with van der Waals surface area (Å²) in [6, 6.07) is 0. The van der Waals surface area contributed by atoms with Crippen LogP contribution in [-0.2, 0) is 14.3 Å². The van der Waals surface area contributed by atoms with Crippen molar-refractivity contribution in [2.75, 3.05) is 0 Å². The first-order chi connectivity index (χ1) is 7.61. The van der Waals surface area contributed by atoms with Crippen LogP contribution in [-0.4, -0.2) is 28.9 Å². The summed E-state index contributed by atoms with van der Waals surface area (Å²) >= 11 is 0. The quantitative estimate of drug-likeness (QED) is 0.666. The number of hydrogen-bond acceptors (Lipinski definition) is 3. The maximum absolute atomic E-state index is 11.7. The van der Waals surface area contributed by atoms with Crippen molar-refractivity contribution < 1.29 is 14.3 Å². The van der Waals surface area contributed by atoms with Crippen LogP contribution in [0.25, 0.3) is 0 Å². The van der Waals surface area contributed by atoms with Crippen LogP contribution in [0.4, 0.5) is 0 Å². The molecule has 0 radical (unpaired) electrons. The Labute approximate surface area is 95.2 Å². The minimum atomic E-state index is -0.184. The third-order valence-electron chi connectivity index (χ3n) is 3.29. The van der Waals surface area contributed by atoms with E-state index in [2.05, 4.69) is 13.8 Å². The van der Waals surface area contributed by atoms with Gasteiger partial charge in [-0.1, -0.05) is 13.8 Å². The molecule has 0 aromatic rings. The number of amides is 1. The van der Waals surface area contributed by atoms with Crippen molar-refractivity contribution in [3.8, 4) is 0 Å². The Bertz CT molecular complexity index is 337. The predicted molar refractivity (Wildman–Crippen MR) is 58.3 cm³/mol. The molecule has 0 saturated carbocycles. The Kier molecular flexibility index (Phi) is 3.10. The summed E-state index contributed by atoms with van der Waals surface area (Å²) in [6.45, 7) is 4.22. The smallest absolute Gasteiger partial charge is 0.236 e. The molecule has 1 saturated heterocycles. The molecule has 0 bridgehead atoms. The van der Waals surface area contributed by atoms with Crippen molar-refractivity contribution in [3.63, 3.8) is 0 Å². The lowest BCUT2D eigenvalue weighted by Crippen LogP contribution is -2.39. The van der Waals surface area contributed by atoms with E-state index in [0.29, 0.717) is 5.92 Å². The third kappa shape index (κ3) is 2.02. The number of nitrogens with zero attached hydrogens (tertiary/aromatic N) is 1. The third-order valence-corrected chi connectivity index (χ3v) is 3.29. The molecule has 2 aliphatic heterocycles. The summed E-state index contributed by atoms with van der Waals surface area (Å²) in [5.74, 6) is 0.189. The summed E-state index contributed by atoms with van der Waals surface area (Å²) in [6.07, 6.45) is 4.84. The highest BCUT2D eigenvalue weighted by Gasteiger charge is 2.37. The highest BCUT2D eigenvalue weighted by molar-refractivity contribution is 6.06. The Hall–Kier alpha value is -1.16. The molecule has 0 aliphatic carbocycles. The van der Waals surface area contributed by atoms with E-state index in [1.54, 1.807) is 11.1 Å². The number of carbonyl (C=O) groups excluding carboxylic acids is 2. The molecular weight excluding hydrogens is 206 g/mol. The summed E-state index contributed by atoms with van der Waals surface area (Å²) in [5, 5.41) is 0. The second kappa shape index (κ2) is 4.37. The second-order valence-corrected chi connectivity index (χ2v) is 4.51. The van der Waals surface area contributed by atoms with Crippen molar-refractivity contribution in [1.29, 1.82) is 0 Å². The van der Waals surface area contributed by atoms with Crippen LogP contribution in [0, 0.1) is 5.92 Å². The summed E-state index contributed by atoms with van der Waals surface area (Å²) in [4.78, 5) is 24.3. The molecule has 0 aromatic heterocycles. The first kappa shape index (κ1) is 11.3. The van der Waals surface area contributed by atoms with Gasteiger partial charge in [0.1, 0.15) is 6.23 Å². The zero-order valence-corrected chi connectivity index (χ0v) is 9.68. The van der Waals surface area contributed by atoms with E-state index in [1.165, 1.54) is 6.08 Å². The van der Waals surface area contributed by atoms with Crippen LogP contribution < -0.4 is 0 Å². The highest BCUT2D eigenvalue weighted by atomic mass is 16.5. The van der Waals surface area contributed by atoms with Gasteiger partial charge in [0.15, 0.2) is 5.78 Å². The number of allylic oxidation sites excluding steroid dienone is 1. The minimum Gasteiger partial charge on any atom is -0.354 e. The van der Waals surface area contributed by atoms with Crippen LogP contribution in [0.5, 0.6) is 0 Å². The van der Waals surface area contributed by atoms with Gasteiger partial charge in [0, 0.05) is 6.20 Å². The Balaban J connectivity index is 2.07. The Morgan fingerprint density at radius 2 is 2.25 bits per heavy atom. The SMILES string of the molecule is CC[C@H]1O[C@@H](N2C=CC(=O)CC2=O)C[C@@H]1C. The molecule has 88 valence electrons. The predicted octanol–water partition coefficient (Wildman–Crippen LogP) is 1.46. The molecule has 16 heavy (non-hydrogen) atoms. The summed E-state index contributed by atoms with van der Waals surface area (Å²) < 4.78 is 5.81. The molecule has 1 fully saturated rings. The van der Waals surface area contributed by atoms with Crippen LogP contribution in [0.3, 0.4) is 0 Å². The van der Waals surface area contributed by atoms with E-state index in [4.69, 9.17) is 4.74 Å². The van der Waals surface area contributed by atoms with Gasteiger partial charge in [0.05, 0.1) is 12.5 Å². The second-order valence-electron chi connectivity index (χ2n) is 4.51. The first-order valence-electron chi connectivity index (χ1n) is 5.79. The van der Waals surface area contributed by atoms with Gasteiger partial charge in [-0.2, -0.15) is 0 Å². The average Bonchev–Trinajstić information content (AvgIpc) is 2.59. The zero-order valence-electron chi connectivity index (χ0n) is 9.68. The molecule has 0 spiro atoms. The topological polar surface area (TPSA) is 46.6 Å². The molecule has 2 heterocycles. The average molecular weight is 223 g/mol. The maximum Gasteiger partial charge on any atom is 0.236 e. The van der Waals surface area contributed by atoms with Crippen molar-refractivity contribution in [2.45, 2.75) is 45.4 Å². The van der Waals surface area contributed by atoms with Gasteiger partial charge in [-0.25, -0.2) is 0 Å². The number of ketones is 1. The van der Waals surface area contributed by atoms with Gasteiger partial charge >= 0.3 is 0 Å². The molecule has 4 heteroatoms. The van der Waals surface area contributed by atoms with E-state index >= 15 is 0 Å². The normalized spacial score (nSPS) is 34.9. The molecule has 1 amide bonds. The Morgan fingerprint density at radius 3 is 2.81 bits per heavy atom. The number of hydrogen-bond donors (Lipinski definition) is 0. The highest BCUT2D eigenvalue weighted by Crippen LogP contribution is 2.31. The van der Waals surface area contributed by atoms with Gasteiger partial charge in [-0.15, -0.1) is 0 Å². The fraction of sp³-hybridized carbons (Fsp3) is 0.667. The molecule has 0 unspecified atom stereocenters. The maximum atomic E-state index is 11.7. The van der Waals surface area contributed by atoms with Crippen LogP contribution in [0.2, 0.25) is 0 Å². The fourth-order valence-corrected chi connectivity index (χ4v) is 2.34. The summed E-state index contributed by atoms with van der Waals surface area (Å²) in [5.41, 5.74) is 0. The van der Waals surface area contributed by atoms with Gasteiger partial charge in [-0.3, -0.25) is 14.5 Å².